The zero-order valence-corrected chi connectivity index (χ0v) is 28.7. The van der Waals surface area contributed by atoms with Gasteiger partial charge < -0.3 is 50.5 Å². The van der Waals surface area contributed by atoms with Gasteiger partial charge in [-0.15, -0.1) is 0 Å². The van der Waals surface area contributed by atoms with Gasteiger partial charge in [0, 0.05) is 13.0 Å². The average molecular weight is 664 g/mol. The normalized spacial score (nSPS) is 23.7. The molecule has 274 valence electrons. The van der Waals surface area contributed by atoms with Crippen LogP contribution in [0.4, 0.5) is 0 Å². The minimum atomic E-state index is -1.61. The maximum atomic E-state index is 12.8. The summed E-state index contributed by atoms with van der Waals surface area (Å²) in [6.07, 6.45) is 12.8. The SMILES string of the molecule is CCCCCCCCCCCCCC[C@@H](O)[C@@H](O)C(CO[C@H]1OC(CO)[C@H](O)[C@H](O)[C@H]1O)NC(=O)CCCCCCCCCCO. The highest BCUT2D eigenvalue weighted by atomic mass is 16.7. The van der Waals surface area contributed by atoms with Crippen molar-refractivity contribution >= 4 is 5.91 Å². The summed E-state index contributed by atoms with van der Waals surface area (Å²) in [7, 11) is 0. The number of rotatable bonds is 30. The summed E-state index contributed by atoms with van der Waals surface area (Å²) in [5.41, 5.74) is 0. The highest BCUT2D eigenvalue weighted by molar-refractivity contribution is 5.76. The number of hydrogen-bond donors (Lipinski definition) is 8. The van der Waals surface area contributed by atoms with Crippen LogP contribution in [0.1, 0.15) is 148 Å². The second kappa shape index (κ2) is 28.0. The van der Waals surface area contributed by atoms with Gasteiger partial charge in [0.05, 0.1) is 25.4 Å². The number of ether oxygens (including phenoxy) is 2. The van der Waals surface area contributed by atoms with E-state index in [1.54, 1.807) is 0 Å². The Kier molecular flexibility index (Phi) is 26.3. The summed E-state index contributed by atoms with van der Waals surface area (Å²) in [6.45, 7) is 1.54. The van der Waals surface area contributed by atoms with E-state index in [9.17, 15) is 35.4 Å². The minimum Gasteiger partial charge on any atom is -0.396 e. The molecule has 0 spiro atoms. The van der Waals surface area contributed by atoms with Crippen LogP contribution < -0.4 is 5.32 Å². The third kappa shape index (κ3) is 19.2. The maximum Gasteiger partial charge on any atom is 0.220 e. The molecule has 8 N–H and O–H groups in total. The lowest BCUT2D eigenvalue weighted by Crippen LogP contribution is -2.60. The summed E-state index contributed by atoms with van der Waals surface area (Å²) < 4.78 is 11.0. The van der Waals surface area contributed by atoms with E-state index >= 15 is 0 Å². The van der Waals surface area contributed by atoms with E-state index in [0.29, 0.717) is 12.8 Å². The number of unbranched alkanes of at least 4 members (excludes halogenated alkanes) is 18. The molecule has 1 heterocycles. The lowest BCUT2D eigenvalue weighted by atomic mass is 9.98. The average Bonchev–Trinajstić information content (AvgIpc) is 3.05. The monoisotopic (exact) mass is 663 g/mol. The fourth-order valence-electron chi connectivity index (χ4n) is 6.00. The Morgan fingerprint density at radius 2 is 1.20 bits per heavy atom. The number of aliphatic hydroxyl groups excluding tert-OH is 7. The molecule has 1 rings (SSSR count). The van der Waals surface area contributed by atoms with E-state index in [0.717, 1.165) is 70.6 Å². The molecule has 0 aromatic carbocycles. The molecule has 0 aliphatic carbocycles. The van der Waals surface area contributed by atoms with Gasteiger partial charge in [-0.2, -0.15) is 0 Å². The van der Waals surface area contributed by atoms with Gasteiger partial charge in [0.2, 0.25) is 5.91 Å². The molecule has 0 saturated carbocycles. The van der Waals surface area contributed by atoms with Crippen LogP contribution in [-0.4, -0.2) is 110 Å². The van der Waals surface area contributed by atoms with Gasteiger partial charge in [-0.05, 0) is 19.3 Å². The Balaban J connectivity index is 2.51. The van der Waals surface area contributed by atoms with E-state index in [1.807, 2.05) is 0 Å². The van der Waals surface area contributed by atoms with Crippen LogP contribution in [0.2, 0.25) is 0 Å². The Morgan fingerprint density at radius 3 is 1.72 bits per heavy atom. The molecule has 2 unspecified atom stereocenters. The molecular weight excluding hydrogens is 594 g/mol. The minimum absolute atomic E-state index is 0.231. The van der Waals surface area contributed by atoms with Crippen molar-refractivity contribution in [1.82, 2.24) is 5.32 Å². The van der Waals surface area contributed by atoms with Gasteiger partial charge in [-0.1, -0.05) is 122 Å². The van der Waals surface area contributed by atoms with Crippen LogP contribution in [0.3, 0.4) is 0 Å². The quantitative estimate of drug-likeness (QED) is 0.0527. The molecule has 1 aliphatic rings. The fourth-order valence-corrected chi connectivity index (χ4v) is 6.00. The van der Waals surface area contributed by atoms with Crippen molar-refractivity contribution in [1.29, 1.82) is 0 Å². The summed E-state index contributed by atoms with van der Waals surface area (Å²) in [6, 6.07) is -1.00. The molecule has 11 nitrogen and oxygen atoms in total. The first kappa shape index (κ1) is 43.1. The van der Waals surface area contributed by atoms with Gasteiger partial charge >= 0.3 is 0 Å². The number of aliphatic hydroxyl groups is 7. The third-order valence-corrected chi connectivity index (χ3v) is 9.11. The maximum absolute atomic E-state index is 12.8. The lowest BCUT2D eigenvalue weighted by molar-refractivity contribution is -0.303. The second-order valence-electron chi connectivity index (χ2n) is 13.2. The molecule has 1 fully saturated rings. The van der Waals surface area contributed by atoms with Crippen LogP contribution in [0.25, 0.3) is 0 Å². The Hall–Kier alpha value is -0.890. The van der Waals surface area contributed by atoms with Crippen molar-refractivity contribution in [2.45, 2.75) is 197 Å². The standard InChI is InChI=1S/C35H69NO10/c1-2-3-4-5-6-7-8-9-10-13-16-19-22-28(39)31(41)27(26-45-35-34(44)33(43)32(42)29(25-38)46-35)36-30(40)23-20-17-14-11-12-15-18-21-24-37/h27-29,31-35,37-39,41-44H,2-26H2,1H3,(H,36,40)/t27?,28-,29?,31+,32+,33+,34-,35+/m1/s1. The molecule has 1 aliphatic heterocycles. The summed E-state index contributed by atoms with van der Waals surface area (Å²) in [5, 5.41) is 73.4. The van der Waals surface area contributed by atoms with Gasteiger partial charge in [-0.25, -0.2) is 0 Å². The second-order valence-corrected chi connectivity index (χ2v) is 13.2. The molecule has 0 bridgehead atoms. The van der Waals surface area contributed by atoms with E-state index in [2.05, 4.69) is 12.2 Å². The highest BCUT2D eigenvalue weighted by Crippen LogP contribution is 2.23. The van der Waals surface area contributed by atoms with Crippen LogP contribution >= 0.6 is 0 Å². The van der Waals surface area contributed by atoms with E-state index in [1.165, 1.54) is 51.4 Å². The fraction of sp³-hybridized carbons (Fsp3) is 0.971. The van der Waals surface area contributed by atoms with E-state index in [4.69, 9.17) is 14.6 Å². The van der Waals surface area contributed by atoms with Crippen LogP contribution in [0, 0.1) is 0 Å². The van der Waals surface area contributed by atoms with Crippen LogP contribution in [-0.2, 0) is 14.3 Å². The smallest absolute Gasteiger partial charge is 0.220 e. The third-order valence-electron chi connectivity index (χ3n) is 9.11. The Bertz CT molecular complexity index is 715. The first-order valence-corrected chi connectivity index (χ1v) is 18.4. The number of amides is 1. The zero-order valence-electron chi connectivity index (χ0n) is 28.7. The van der Waals surface area contributed by atoms with Crippen molar-refractivity contribution < 1.29 is 50.0 Å². The van der Waals surface area contributed by atoms with Crippen molar-refractivity contribution in [2.75, 3.05) is 19.8 Å². The molecule has 0 radical (unpaired) electrons. The Labute approximate surface area is 278 Å². The predicted molar refractivity (Wildman–Crippen MR) is 178 cm³/mol. The van der Waals surface area contributed by atoms with Gasteiger partial charge in [-0.3, -0.25) is 4.79 Å². The summed E-state index contributed by atoms with van der Waals surface area (Å²) in [4.78, 5) is 12.8. The number of hydrogen-bond acceptors (Lipinski definition) is 10. The molecule has 46 heavy (non-hydrogen) atoms. The van der Waals surface area contributed by atoms with Gasteiger partial charge in [0.25, 0.3) is 0 Å². The summed E-state index contributed by atoms with van der Waals surface area (Å²) >= 11 is 0. The molecule has 8 atom stereocenters. The van der Waals surface area contributed by atoms with Crippen molar-refractivity contribution in [3.05, 3.63) is 0 Å². The van der Waals surface area contributed by atoms with Crippen LogP contribution in [0.5, 0.6) is 0 Å². The predicted octanol–water partition coefficient (Wildman–Crippen LogP) is 3.60. The highest BCUT2D eigenvalue weighted by Gasteiger charge is 2.44. The van der Waals surface area contributed by atoms with Crippen molar-refractivity contribution in [3.63, 3.8) is 0 Å². The first-order valence-electron chi connectivity index (χ1n) is 18.4. The van der Waals surface area contributed by atoms with E-state index < -0.39 is 55.6 Å². The summed E-state index contributed by atoms with van der Waals surface area (Å²) in [5.74, 6) is -0.290. The molecule has 1 amide bonds. The number of carbonyl (C=O) groups excluding carboxylic acids is 1. The molecule has 0 aromatic rings. The topological polar surface area (TPSA) is 189 Å². The molecule has 0 aromatic heterocycles. The Morgan fingerprint density at radius 1 is 0.696 bits per heavy atom. The van der Waals surface area contributed by atoms with Gasteiger partial charge in [0.15, 0.2) is 6.29 Å². The van der Waals surface area contributed by atoms with Crippen LogP contribution in [0.15, 0.2) is 0 Å². The number of carbonyl (C=O) groups is 1. The van der Waals surface area contributed by atoms with Crippen molar-refractivity contribution in [3.8, 4) is 0 Å². The zero-order chi connectivity index (χ0) is 34.0. The van der Waals surface area contributed by atoms with E-state index in [-0.39, 0.29) is 25.5 Å². The largest absolute Gasteiger partial charge is 0.396 e. The molecule has 11 heteroatoms. The lowest BCUT2D eigenvalue weighted by Gasteiger charge is -2.40. The van der Waals surface area contributed by atoms with Crippen molar-refractivity contribution in [2.24, 2.45) is 0 Å². The molecular formula is C35H69NO10. The first-order chi connectivity index (χ1) is 22.3. The number of nitrogens with one attached hydrogen (secondary N) is 1. The molecule has 1 saturated heterocycles. The van der Waals surface area contributed by atoms with Gasteiger partial charge in [0.1, 0.15) is 30.5 Å².